The minimum absolute atomic E-state index is 0.0341. The summed E-state index contributed by atoms with van der Waals surface area (Å²) >= 11 is 0. The van der Waals surface area contributed by atoms with E-state index in [0.717, 1.165) is 122 Å². The smallest absolute Gasteiger partial charge is 0.320 e. The van der Waals surface area contributed by atoms with Crippen molar-refractivity contribution >= 4 is 17.9 Å². The number of likely N-dealkylation sites (N-methyl/N-ethyl adjacent to an activating group) is 1. The Hall–Kier alpha value is -2.71. The fourth-order valence-electron chi connectivity index (χ4n) is 6.80. The number of esters is 3. The second-order valence-electron chi connectivity index (χ2n) is 16.7. The summed E-state index contributed by atoms with van der Waals surface area (Å²) in [6.07, 6.45) is 50.1. The standard InChI is InChI=1S/C51H92N2O6/c1-6-8-44-57-49(54)42-38-34-30-26-22-18-14-10-12-16-20-24-28-32-36-40-48(59-51(56)46-53(5)47-52(3)4)41-37-33-29-25-21-17-13-11-15-19-23-27-31-35-39-43-50(55)58-45-9-7-2/h10-11,14-15,22-23,26-27,48H,6-9,12-13,16-21,24-25,28-47H2,1-5H3/b14-10-,15-11-,26-22-,27-23-. The zero-order chi connectivity index (χ0) is 43.3. The van der Waals surface area contributed by atoms with E-state index in [1.54, 1.807) is 0 Å². The summed E-state index contributed by atoms with van der Waals surface area (Å²) in [4.78, 5) is 40.1. The molecule has 0 fully saturated rings. The number of hydrogen-bond acceptors (Lipinski definition) is 8. The van der Waals surface area contributed by atoms with Crippen LogP contribution in [0, 0.1) is 0 Å². The Balaban J connectivity index is 4.07. The monoisotopic (exact) mass is 829 g/mol. The Morgan fingerprint density at radius 1 is 0.458 bits per heavy atom. The van der Waals surface area contributed by atoms with Crippen molar-refractivity contribution in [1.29, 1.82) is 0 Å². The number of allylic oxidation sites excluding steroid dienone is 8. The number of ether oxygens (including phenoxy) is 3. The van der Waals surface area contributed by atoms with Crippen LogP contribution in [0.15, 0.2) is 48.6 Å². The second kappa shape index (κ2) is 44.8. The summed E-state index contributed by atoms with van der Waals surface area (Å²) in [5.74, 6) is -0.208. The molecule has 0 radical (unpaired) electrons. The highest BCUT2D eigenvalue weighted by Gasteiger charge is 2.16. The summed E-state index contributed by atoms with van der Waals surface area (Å²) < 4.78 is 16.4. The lowest BCUT2D eigenvalue weighted by Crippen LogP contribution is -2.36. The molecule has 0 rings (SSSR count). The van der Waals surface area contributed by atoms with Gasteiger partial charge in [0, 0.05) is 12.8 Å². The number of carbonyl (C=O) groups is 3. The molecule has 8 nitrogen and oxygen atoms in total. The summed E-state index contributed by atoms with van der Waals surface area (Å²) in [6, 6.07) is 0. The Morgan fingerprint density at radius 2 is 0.831 bits per heavy atom. The highest BCUT2D eigenvalue weighted by molar-refractivity contribution is 5.71. The third kappa shape index (κ3) is 44.7. The van der Waals surface area contributed by atoms with Gasteiger partial charge in [0.2, 0.25) is 0 Å². The van der Waals surface area contributed by atoms with Gasteiger partial charge in [-0.2, -0.15) is 0 Å². The van der Waals surface area contributed by atoms with Gasteiger partial charge in [-0.1, -0.05) is 127 Å². The average molecular weight is 829 g/mol. The molecule has 0 saturated heterocycles. The highest BCUT2D eigenvalue weighted by Crippen LogP contribution is 2.18. The van der Waals surface area contributed by atoms with Gasteiger partial charge in [-0.3, -0.25) is 24.2 Å². The fourth-order valence-corrected chi connectivity index (χ4v) is 6.80. The van der Waals surface area contributed by atoms with Gasteiger partial charge in [-0.25, -0.2) is 0 Å². The number of nitrogens with zero attached hydrogens (tertiary/aromatic N) is 2. The van der Waals surface area contributed by atoms with Crippen LogP contribution in [-0.2, 0) is 28.6 Å². The maximum atomic E-state index is 12.8. The van der Waals surface area contributed by atoms with Crippen molar-refractivity contribution in [1.82, 2.24) is 9.80 Å². The van der Waals surface area contributed by atoms with Crippen LogP contribution >= 0.6 is 0 Å². The molecule has 0 aromatic rings. The lowest BCUT2D eigenvalue weighted by atomic mass is 10.0. The van der Waals surface area contributed by atoms with Gasteiger partial charge in [0.25, 0.3) is 0 Å². The molecule has 0 atom stereocenters. The van der Waals surface area contributed by atoms with Crippen LogP contribution in [0.5, 0.6) is 0 Å². The molecule has 0 saturated carbocycles. The molecule has 0 heterocycles. The SMILES string of the molecule is CCCCOC(=O)CCCC/C=C\C/C=C\CCCCCCCCC(CCCCCCCC/C=C\C/C=C\CCCCC(=O)OCCCC)OC(=O)CN(C)CN(C)C. The summed E-state index contributed by atoms with van der Waals surface area (Å²) in [5, 5.41) is 0. The summed E-state index contributed by atoms with van der Waals surface area (Å²) in [6.45, 7) is 6.39. The first kappa shape index (κ1) is 56.3. The molecule has 59 heavy (non-hydrogen) atoms. The van der Waals surface area contributed by atoms with Crippen LogP contribution in [0.25, 0.3) is 0 Å². The number of rotatable bonds is 43. The van der Waals surface area contributed by atoms with Crippen molar-refractivity contribution in [3.05, 3.63) is 48.6 Å². The van der Waals surface area contributed by atoms with Gasteiger partial charge in [0.1, 0.15) is 6.10 Å². The van der Waals surface area contributed by atoms with E-state index in [1.165, 1.54) is 64.2 Å². The molecule has 342 valence electrons. The molecule has 0 N–H and O–H groups in total. The maximum Gasteiger partial charge on any atom is 0.320 e. The first-order valence-electron chi connectivity index (χ1n) is 24.2. The van der Waals surface area contributed by atoms with E-state index < -0.39 is 0 Å². The molecule has 0 amide bonds. The maximum absolute atomic E-state index is 12.8. The van der Waals surface area contributed by atoms with E-state index in [4.69, 9.17) is 14.2 Å². The van der Waals surface area contributed by atoms with Crippen molar-refractivity contribution in [2.45, 2.75) is 213 Å². The Bertz CT molecular complexity index is 1020. The molecular weight excluding hydrogens is 737 g/mol. The van der Waals surface area contributed by atoms with Crippen LogP contribution in [0.1, 0.15) is 206 Å². The van der Waals surface area contributed by atoms with Gasteiger partial charge in [-0.15, -0.1) is 0 Å². The molecule has 0 aromatic carbocycles. The average Bonchev–Trinajstić information content (AvgIpc) is 3.19. The number of unbranched alkanes of at least 4 members (excludes halogenated alkanes) is 18. The van der Waals surface area contributed by atoms with Crippen LogP contribution in [0.2, 0.25) is 0 Å². The van der Waals surface area contributed by atoms with E-state index in [0.29, 0.717) is 32.6 Å². The van der Waals surface area contributed by atoms with Crippen LogP contribution < -0.4 is 0 Å². The Morgan fingerprint density at radius 3 is 1.22 bits per heavy atom. The van der Waals surface area contributed by atoms with Gasteiger partial charge >= 0.3 is 17.9 Å². The summed E-state index contributed by atoms with van der Waals surface area (Å²) in [7, 11) is 6.00. The summed E-state index contributed by atoms with van der Waals surface area (Å²) in [5.41, 5.74) is 0. The zero-order valence-electron chi connectivity index (χ0n) is 39.1. The third-order valence-corrected chi connectivity index (χ3v) is 10.3. The van der Waals surface area contributed by atoms with Crippen molar-refractivity contribution in [3.63, 3.8) is 0 Å². The molecule has 0 aliphatic rings. The minimum Gasteiger partial charge on any atom is -0.466 e. The van der Waals surface area contributed by atoms with Crippen molar-refractivity contribution in [2.24, 2.45) is 0 Å². The molecule has 0 spiro atoms. The second-order valence-corrected chi connectivity index (χ2v) is 16.7. The molecular formula is C51H92N2O6. The highest BCUT2D eigenvalue weighted by atomic mass is 16.5. The molecule has 8 heteroatoms. The van der Waals surface area contributed by atoms with Crippen molar-refractivity contribution in [3.8, 4) is 0 Å². The predicted octanol–water partition coefficient (Wildman–Crippen LogP) is 13.4. The third-order valence-electron chi connectivity index (χ3n) is 10.3. The van der Waals surface area contributed by atoms with E-state index in [9.17, 15) is 14.4 Å². The van der Waals surface area contributed by atoms with Crippen LogP contribution in [0.4, 0.5) is 0 Å². The molecule has 0 aromatic heterocycles. The van der Waals surface area contributed by atoms with Gasteiger partial charge in [0.05, 0.1) is 26.4 Å². The largest absolute Gasteiger partial charge is 0.466 e. The lowest BCUT2D eigenvalue weighted by molar-refractivity contribution is -0.151. The van der Waals surface area contributed by atoms with Gasteiger partial charge in [-0.05, 0) is 137 Å². The van der Waals surface area contributed by atoms with Crippen LogP contribution in [0.3, 0.4) is 0 Å². The molecule has 0 aliphatic heterocycles. The zero-order valence-corrected chi connectivity index (χ0v) is 39.1. The lowest BCUT2D eigenvalue weighted by Gasteiger charge is -2.23. The topological polar surface area (TPSA) is 85.4 Å². The predicted molar refractivity (Wildman–Crippen MR) is 249 cm³/mol. The van der Waals surface area contributed by atoms with E-state index >= 15 is 0 Å². The quantitative estimate of drug-likeness (QED) is 0.0197. The number of carbonyl (C=O) groups excluding carboxylic acids is 3. The van der Waals surface area contributed by atoms with Crippen LogP contribution in [-0.4, -0.2) is 81.4 Å². The Labute approximate surface area is 364 Å². The first-order valence-corrected chi connectivity index (χ1v) is 24.2. The van der Waals surface area contributed by atoms with Gasteiger partial charge in [0.15, 0.2) is 0 Å². The minimum atomic E-state index is -0.0973. The molecule has 0 aliphatic carbocycles. The van der Waals surface area contributed by atoms with E-state index in [-0.39, 0.29) is 24.0 Å². The molecule has 0 unspecified atom stereocenters. The molecule has 0 bridgehead atoms. The number of hydrogen-bond donors (Lipinski definition) is 0. The first-order chi connectivity index (χ1) is 28.8. The van der Waals surface area contributed by atoms with E-state index in [1.807, 2.05) is 26.0 Å². The van der Waals surface area contributed by atoms with E-state index in [2.05, 4.69) is 67.4 Å². The fraction of sp³-hybridized carbons (Fsp3) is 0.784. The Kier molecular flexibility index (Phi) is 42.8. The van der Waals surface area contributed by atoms with Gasteiger partial charge < -0.3 is 14.2 Å². The van der Waals surface area contributed by atoms with Crippen molar-refractivity contribution in [2.75, 3.05) is 47.6 Å². The van der Waals surface area contributed by atoms with Crippen molar-refractivity contribution < 1.29 is 28.6 Å². The normalized spacial score (nSPS) is 12.1.